The van der Waals surface area contributed by atoms with Gasteiger partial charge in [0.25, 0.3) is 0 Å². The van der Waals surface area contributed by atoms with Crippen LogP contribution in [0, 0.1) is 0 Å². The summed E-state index contributed by atoms with van der Waals surface area (Å²) in [7, 11) is 0. The third kappa shape index (κ3) is 5.31. The molecule has 5 nitrogen and oxygen atoms in total. The molecule has 22 heavy (non-hydrogen) atoms. The van der Waals surface area contributed by atoms with Crippen molar-refractivity contribution in [3.8, 4) is 0 Å². The number of aliphatic hydroxyl groups excluding tert-OH is 1. The zero-order chi connectivity index (χ0) is 15.8. The van der Waals surface area contributed by atoms with Crippen LogP contribution in [-0.4, -0.2) is 47.8 Å². The second-order valence-electron chi connectivity index (χ2n) is 5.91. The smallest absolute Gasteiger partial charge is 0.319 e. The summed E-state index contributed by atoms with van der Waals surface area (Å²) in [5, 5.41) is 15.6. The Morgan fingerprint density at radius 1 is 1.36 bits per heavy atom. The molecule has 1 fully saturated rings. The zero-order valence-corrected chi connectivity index (χ0v) is 13.3. The lowest BCUT2D eigenvalue weighted by atomic mass is 10.0. The molecule has 0 bridgehead atoms. The first-order valence-electron chi connectivity index (χ1n) is 8.21. The zero-order valence-electron chi connectivity index (χ0n) is 13.3. The quantitative estimate of drug-likeness (QED) is 0.756. The maximum Gasteiger partial charge on any atom is 0.319 e. The first-order valence-corrected chi connectivity index (χ1v) is 8.21. The molecular formula is C17H27N3O2. The number of para-hydroxylation sites is 1. The van der Waals surface area contributed by atoms with E-state index in [0.717, 1.165) is 25.1 Å². The first kappa shape index (κ1) is 16.8. The van der Waals surface area contributed by atoms with Gasteiger partial charge in [-0.2, -0.15) is 0 Å². The van der Waals surface area contributed by atoms with Gasteiger partial charge in [-0.25, -0.2) is 4.79 Å². The maximum atomic E-state index is 12.0. The fraction of sp³-hybridized carbons (Fsp3) is 0.588. The molecule has 1 aromatic rings. The number of likely N-dealkylation sites (tertiary alicyclic amines) is 1. The fourth-order valence-electron chi connectivity index (χ4n) is 2.84. The van der Waals surface area contributed by atoms with Gasteiger partial charge >= 0.3 is 6.03 Å². The van der Waals surface area contributed by atoms with E-state index in [9.17, 15) is 9.90 Å². The number of nitrogens with one attached hydrogen (secondary N) is 2. The number of urea groups is 1. The molecular weight excluding hydrogens is 278 g/mol. The molecule has 5 heteroatoms. The number of aliphatic hydroxyl groups is 1. The molecule has 1 aliphatic rings. The number of benzene rings is 1. The average Bonchev–Trinajstić information content (AvgIpc) is 2.55. The third-order valence-electron chi connectivity index (χ3n) is 4.20. The molecule has 1 aliphatic heterocycles. The lowest BCUT2D eigenvalue weighted by Crippen LogP contribution is -2.49. The van der Waals surface area contributed by atoms with E-state index in [0.29, 0.717) is 19.1 Å². The lowest BCUT2D eigenvalue weighted by Gasteiger charge is -2.36. The topological polar surface area (TPSA) is 64.6 Å². The molecule has 122 valence electrons. The van der Waals surface area contributed by atoms with Crippen LogP contribution < -0.4 is 10.6 Å². The first-order chi connectivity index (χ1) is 10.7. The Kier molecular flexibility index (Phi) is 6.68. The van der Waals surface area contributed by atoms with Gasteiger partial charge in [0.2, 0.25) is 0 Å². The molecule has 0 saturated carbocycles. The van der Waals surface area contributed by atoms with Crippen LogP contribution in [0.4, 0.5) is 10.5 Å². The minimum absolute atomic E-state index is 0.173. The maximum absolute atomic E-state index is 12.0. The van der Waals surface area contributed by atoms with Crippen LogP contribution in [0.5, 0.6) is 0 Å². The van der Waals surface area contributed by atoms with Crippen LogP contribution in [0.2, 0.25) is 0 Å². The van der Waals surface area contributed by atoms with Crippen LogP contribution in [-0.2, 0) is 0 Å². The second-order valence-corrected chi connectivity index (χ2v) is 5.91. The fourth-order valence-corrected chi connectivity index (χ4v) is 2.84. The van der Waals surface area contributed by atoms with E-state index in [4.69, 9.17) is 0 Å². The largest absolute Gasteiger partial charge is 0.392 e. The van der Waals surface area contributed by atoms with Crippen molar-refractivity contribution in [3.63, 3.8) is 0 Å². The van der Waals surface area contributed by atoms with E-state index in [-0.39, 0.29) is 12.1 Å². The van der Waals surface area contributed by atoms with Crippen molar-refractivity contribution >= 4 is 11.7 Å². The number of carbonyl (C=O) groups excluding carboxylic acids is 1. The van der Waals surface area contributed by atoms with E-state index in [2.05, 4.69) is 15.5 Å². The van der Waals surface area contributed by atoms with Crippen LogP contribution in [0.15, 0.2) is 30.3 Å². The number of nitrogens with zero attached hydrogens (tertiary/aromatic N) is 1. The summed E-state index contributed by atoms with van der Waals surface area (Å²) >= 11 is 0. The Morgan fingerprint density at radius 2 is 2.14 bits per heavy atom. The highest BCUT2D eigenvalue weighted by atomic mass is 16.3. The molecule has 1 aromatic carbocycles. The van der Waals surface area contributed by atoms with E-state index in [1.807, 2.05) is 37.3 Å². The van der Waals surface area contributed by atoms with E-state index in [1.165, 1.54) is 12.8 Å². The van der Waals surface area contributed by atoms with Crippen molar-refractivity contribution in [2.24, 2.45) is 0 Å². The SMILES string of the molecule is CCC(O)CN1CCCCC1CNC(=O)Nc1ccccc1. The molecule has 3 N–H and O–H groups in total. The highest BCUT2D eigenvalue weighted by Crippen LogP contribution is 2.17. The van der Waals surface area contributed by atoms with Crippen molar-refractivity contribution in [2.75, 3.05) is 25.0 Å². The Balaban J connectivity index is 1.79. The second kappa shape index (κ2) is 8.76. The summed E-state index contributed by atoms with van der Waals surface area (Å²) in [6, 6.07) is 9.58. The number of carbonyl (C=O) groups is 1. The minimum Gasteiger partial charge on any atom is -0.392 e. The van der Waals surface area contributed by atoms with Crippen molar-refractivity contribution in [3.05, 3.63) is 30.3 Å². The van der Waals surface area contributed by atoms with E-state index >= 15 is 0 Å². The van der Waals surface area contributed by atoms with Crippen molar-refractivity contribution in [1.82, 2.24) is 10.2 Å². The highest BCUT2D eigenvalue weighted by Gasteiger charge is 2.24. The molecule has 1 saturated heterocycles. The Morgan fingerprint density at radius 3 is 2.86 bits per heavy atom. The van der Waals surface area contributed by atoms with Gasteiger partial charge in [0, 0.05) is 24.8 Å². The average molecular weight is 305 g/mol. The van der Waals surface area contributed by atoms with Gasteiger partial charge in [-0.3, -0.25) is 4.90 Å². The van der Waals surface area contributed by atoms with E-state index in [1.54, 1.807) is 0 Å². The molecule has 0 spiro atoms. The summed E-state index contributed by atoms with van der Waals surface area (Å²) in [5.74, 6) is 0. The van der Waals surface area contributed by atoms with Gasteiger partial charge in [0.15, 0.2) is 0 Å². The predicted molar refractivity (Wildman–Crippen MR) is 89.0 cm³/mol. The van der Waals surface area contributed by atoms with Crippen molar-refractivity contribution in [1.29, 1.82) is 0 Å². The van der Waals surface area contributed by atoms with Crippen molar-refractivity contribution < 1.29 is 9.90 Å². The monoisotopic (exact) mass is 305 g/mol. The lowest BCUT2D eigenvalue weighted by molar-refractivity contribution is 0.0662. The molecule has 0 aliphatic carbocycles. The van der Waals surface area contributed by atoms with Gasteiger partial charge in [0.1, 0.15) is 0 Å². The molecule has 2 amide bonds. The number of anilines is 1. The Bertz CT molecular complexity index is 452. The number of amides is 2. The van der Waals surface area contributed by atoms with Gasteiger partial charge < -0.3 is 15.7 Å². The number of hydrogen-bond donors (Lipinski definition) is 3. The molecule has 1 heterocycles. The molecule has 2 atom stereocenters. The number of rotatable bonds is 6. The van der Waals surface area contributed by atoms with Gasteiger partial charge in [-0.1, -0.05) is 31.5 Å². The molecule has 2 rings (SSSR count). The third-order valence-corrected chi connectivity index (χ3v) is 4.20. The Labute approximate surface area is 132 Å². The predicted octanol–water partition coefficient (Wildman–Crippen LogP) is 2.43. The standard InChI is InChI=1S/C17H27N3O2/c1-2-16(21)13-20-11-7-6-10-15(20)12-18-17(22)19-14-8-4-3-5-9-14/h3-5,8-9,15-16,21H,2,6-7,10-13H2,1H3,(H2,18,19,22). The Hall–Kier alpha value is -1.59. The summed E-state index contributed by atoms with van der Waals surface area (Å²) in [6.07, 6.45) is 3.92. The van der Waals surface area contributed by atoms with Gasteiger partial charge in [0.05, 0.1) is 6.10 Å². The van der Waals surface area contributed by atoms with Gasteiger partial charge in [-0.15, -0.1) is 0 Å². The molecule has 2 unspecified atom stereocenters. The summed E-state index contributed by atoms with van der Waals surface area (Å²) in [4.78, 5) is 14.3. The minimum atomic E-state index is -0.279. The number of piperidine rings is 1. The molecule has 0 radical (unpaired) electrons. The van der Waals surface area contributed by atoms with Crippen LogP contribution in [0.1, 0.15) is 32.6 Å². The molecule has 0 aromatic heterocycles. The van der Waals surface area contributed by atoms with E-state index < -0.39 is 0 Å². The van der Waals surface area contributed by atoms with Crippen LogP contribution >= 0.6 is 0 Å². The van der Waals surface area contributed by atoms with Gasteiger partial charge in [-0.05, 0) is 37.9 Å². The number of β-amino-alcohol motifs (C(OH)–C–C–N with tert-alkyl or cyclic N) is 1. The summed E-state index contributed by atoms with van der Waals surface area (Å²) in [6.45, 7) is 4.32. The van der Waals surface area contributed by atoms with Crippen molar-refractivity contribution in [2.45, 2.75) is 44.8 Å². The highest BCUT2D eigenvalue weighted by molar-refractivity contribution is 5.89. The summed E-state index contributed by atoms with van der Waals surface area (Å²) < 4.78 is 0. The number of hydrogen-bond acceptors (Lipinski definition) is 3. The van der Waals surface area contributed by atoms with Crippen LogP contribution in [0.25, 0.3) is 0 Å². The normalized spacial score (nSPS) is 20.4. The summed E-state index contributed by atoms with van der Waals surface area (Å²) in [5.41, 5.74) is 0.793. The van der Waals surface area contributed by atoms with Crippen LogP contribution in [0.3, 0.4) is 0 Å².